The minimum Gasteiger partial charge on any atom is -0.336 e. The summed E-state index contributed by atoms with van der Waals surface area (Å²) in [5.74, 6) is 1.02. The Kier molecular flexibility index (Phi) is 2.48. The number of nitrogens with one attached hydrogen (secondary N) is 1. The Labute approximate surface area is 117 Å². The Bertz CT molecular complexity index is 668. The topological polar surface area (TPSA) is 36.9 Å². The molecular formula is C14H16N4S. The van der Waals surface area contributed by atoms with Crippen LogP contribution in [0, 0.1) is 4.77 Å². The molecule has 0 atom stereocenters. The molecule has 1 fully saturated rings. The van der Waals surface area contributed by atoms with Crippen LogP contribution in [0.4, 0.5) is 5.95 Å². The molecule has 2 aromatic rings. The Morgan fingerprint density at radius 1 is 1.21 bits per heavy atom. The molecule has 1 aliphatic heterocycles. The number of aromatic nitrogens is 3. The van der Waals surface area contributed by atoms with Crippen LogP contribution >= 0.6 is 12.2 Å². The van der Waals surface area contributed by atoms with Crippen molar-refractivity contribution in [3.05, 3.63) is 40.2 Å². The minimum atomic E-state index is 0.568. The zero-order valence-corrected chi connectivity index (χ0v) is 11.5. The number of benzene rings is 1. The Morgan fingerprint density at radius 2 is 2.00 bits per heavy atom. The highest BCUT2D eigenvalue weighted by atomic mass is 32.1. The van der Waals surface area contributed by atoms with Crippen LogP contribution in [0.15, 0.2) is 24.3 Å². The van der Waals surface area contributed by atoms with Crippen molar-refractivity contribution in [1.82, 2.24) is 14.8 Å². The Morgan fingerprint density at radius 3 is 2.79 bits per heavy atom. The number of fused-ring (bicyclic) bond motifs is 1. The van der Waals surface area contributed by atoms with E-state index in [9.17, 15) is 0 Å². The van der Waals surface area contributed by atoms with Gasteiger partial charge in [-0.05, 0) is 42.6 Å². The van der Waals surface area contributed by atoms with E-state index in [0.717, 1.165) is 30.2 Å². The van der Waals surface area contributed by atoms with E-state index in [-0.39, 0.29) is 0 Å². The van der Waals surface area contributed by atoms with E-state index < -0.39 is 0 Å². The van der Waals surface area contributed by atoms with Crippen molar-refractivity contribution in [2.45, 2.75) is 31.8 Å². The standard InChI is InChI=1S/C14H16N4S/c19-14-16-15-13(18(14)12-5-6-12)17-8-7-10-3-1-2-4-11(10)9-17/h1-4,12H,5-9H2,(H,16,19). The van der Waals surface area contributed by atoms with Crippen molar-refractivity contribution < 1.29 is 0 Å². The van der Waals surface area contributed by atoms with Gasteiger partial charge in [0.15, 0.2) is 4.77 Å². The number of aromatic amines is 1. The second-order valence-corrected chi connectivity index (χ2v) is 5.76. The molecule has 4 rings (SSSR count). The molecule has 0 radical (unpaired) electrons. The van der Waals surface area contributed by atoms with Crippen molar-refractivity contribution in [2.24, 2.45) is 0 Å². The predicted molar refractivity (Wildman–Crippen MR) is 76.9 cm³/mol. The molecule has 0 amide bonds. The third-order valence-electron chi connectivity index (χ3n) is 4.01. The highest BCUT2D eigenvalue weighted by Crippen LogP contribution is 2.38. The molecule has 0 saturated heterocycles. The largest absolute Gasteiger partial charge is 0.336 e. The van der Waals surface area contributed by atoms with E-state index >= 15 is 0 Å². The van der Waals surface area contributed by atoms with Gasteiger partial charge in [0.1, 0.15) is 0 Å². The van der Waals surface area contributed by atoms with Crippen LogP contribution in [-0.2, 0) is 13.0 Å². The summed E-state index contributed by atoms with van der Waals surface area (Å²) in [6, 6.07) is 9.24. The summed E-state index contributed by atoms with van der Waals surface area (Å²) in [5, 5.41) is 7.40. The van der Waals surface area contributed by atoms with Crippen LogP contribution in [0.3, 0.4) is 0 Å². The third-order valence-corrected chi connectivity index (χ3v) is 4.30. The summed E-state index contributed by atoms with van der Waals surface area (Å²) in [6.45, 7) is 1.95. The SMILES string of the molecule is S=c1[nH]nc(N2CCc3ccccc3C2)n1C1CC1. The number of hydrogen-bond donors (Lipinski definition) is 1. The molecule has 2 heterocycles. The van der Waals surface area contributed by atoms with E-state index in [0.29, 0.717) is 6.04 Å². The van der Waals surface area contributed by atoms with Gasteiger partial charge in [0.2, 0.25) is 5.95 Å². The molecule has 4 nitrogen and oxygen atoms in total. The lowest BCUT2D eigenvalue weighted by molar-refractivity contribution is 0.650. The average Bonchev–Trinajstić information content (AvgIpc) is 3.21. The van der Waals surface area contributed by atoms with E-state index in [1.807, 2.05) is 0 Å². The first-order valence-electron chi connectivity index (χ1n) is 6.81. The molecule has 1 saturated carbocycles. The molecule has 19 heavy (non-hydrogen) atoms. The van der Waals surface area contributed by atoms with Crippen LogP contribution < -0.4 is 4.90 Å². The fourth-order valence-electron chi connectivity index (χ4n) is 2.85. The number of rotatable bonds is 2. The summed E-state index contributed by atoms with van der Waals surface area (Å²) in [7, 11) is 0. The van der Waals surface area contributed by atoms with Gasteiger partial charge in [-0.3, -0.25) is 4.57 Å². The molecule has 98 valence electrons. The first kappa shape index (κ1) is 11.2. The zero-order chi connectivity index (χ0) is 12.8. The quantitative estimate of drug-likeness (QED) is 0.854. The van der Waals surface area contributed by atoms with Gasteiger partial charge in [-0.25, -0.2) is 5.10 Å². The lowest BCUT2D eigenvalue weighted by Crippen LogP contribution is -2.32. The predicted octanol–water partition coefficient (Wildman–Crippen LogP) is 2.84. The minimum absolute atomic E-state index is 0.568. The van der Waals surface area contributed by atoms with Crippen LogP contribution in [0.2, 0.25) is 0 Å². The van der Waals surface area contributed by atoms with Crippen LogP contribution in [0.1, 0.15) is 30.0 Å². The molecule has 1 aliphatic carbocycles. The van der Waals surface area contributed by atoms with Gasteiger partial charge >= 0.3 is 0 Å². The third kappa shape index (κ3) is 1.89. The molecule has 1 aromatic carbocycles. The lowest BCUT2D eigenvalue weighted by atomic mass is 10.0. The second-order valence-electron chi connectivity index (χ2n) is 5.37. The maximum Gasteiger partial charge on any atom is 0.226 e. The smallest absolute Gasteiger partial charge is 0.226 e. The van der Waals surface area contributed by atoms with Crippen molar-refractivity contribution in [3.8, 4) is 0 Å². The van der Waals surface area contributed by atoms with Crippen LogP contribution in [0.5, 0.6) is 0 Å². The molecule has 5 heteroatoms. The average molecular weight is 272 g/mol. The fourth-order valence-corrected chi connectivity index (χ4v) is 3.12. The van der Waals surface area contributed by atoms with Crippen molar-refractivity contribution in [1.29, 1.82) is 0 Å². The Balaban J connectivity index is 1.70. The number of hydrogen-bond acceptors (Lipinski definition) is 3. The molecule has 0 bridgehead atoms. The van der Waals surface area contributed by atoms with Gasteiger partial charge in [0.05, 0.1) is 0 Å². The summed E-state index contributed by atoms with van der Waals surface area (Å²) in [4.78, 5) is 2.34. The highest BCUT2D eigenvalue weighted by molar-refractivity contribution is 7.71. The highest BCUT2D eigenvalue weighted by Gasteiger charge is 2.30. The molecule has 1 N–H and O–H groups in total. The molecule has 0 unspecified atom stereocenters. The maximum absolute atomic E-state index is 5.35. The van der Waals surface area contributed by atoms with Crippen molar-refractivity contribution >= 4 is 18.2 Å². The van der Waals surface area contributed by atoms with Crippen molar-refractivity contribution in [3.63, 3.8) is 0 Å². The van der Waals surface area contributed by atoms with Gasteiger partial charge in [-0.15, -0.1) is 5.10 Å². The number of nitrogens with zero attached hydrogens (tertiary/aromatic N) is 3. The normalized spacial score (nSPS) is 18.4. The van der Waals surface area contributed by atoms with Crippen LogP contribution in [-0.4, -0.2) is 21.3 Å². The monoisotopic (exact) mass is 272 g/mol. The molecule has 0 spiro atoms. The molecular weight excluding hydrogens is 256 g/mol. The summed E-state index contributed by atoms with van der Waals surface area (Å²) < 4.78 is 2.96. The summed E-state index contributed by atoms with van der Waals surface area (Å²) in [5.41, 5.74) is 2.87. The zero-order valence-electron chi connectivity index (χ0n) is 10.7. The van der Waals surface area contributed by atoms with E-state index in [2.05, 4.69) is 43.9 Å². The maximum atomic E-state index is 5.35. The second kappa shape index (κ2) is 4.20. The lowest BCUT2D eigenvalue weighted by Gasteiger charge is -2.29. The van der Waals surface area contributed by atoms with Crippen molar-refractivity contribution in [2.75, 3.05) is 11.4 Å². The van der Waals surface area contributed by atoms with Gasteiger partial charge in [-0.1, -0.05) is 24.3 Å². The number of anilines is 1. The van der Waals surface area contributed by atoms with E-state index in [1.165, 1.54) is 24.0 Å². The van der Waals surface area contributed by atoms with Gasteiger partial charge in [0.25, 0.3) is 0 Å². The molecule has 1 aromatic heterocycles. The first-order chi connectivity index (χ1) is 9.33. The van der Waals surface area contributed by atoms with Gasteiger partial charge in [0, 0.05) is 19.1 Å². The summed E-state index contributed by atoms with van der Waals surface area (Å²) in [6.07, 6.45) is 3.54. The van der Waals surface area contributed by atoms with Gasteiger partial charge < -0.3 is 4.90 Å². The molecule has 2 aliphatic rings. The van der Waals surface area contributed by atoms with Gasteiger partial charge in [-0.2, -0.15) is 0 Å². The van der Waals surface area contributed by atoms with Crippen LogP contribution in [0.25, 0.3) is 0 Å². The first-order valence-corrected chi connectivity index (χ1v) is 7.22. The van der Waals surface area contributed by atoms with E-state index in [1.54, 1.807) is 0 Å². The fraction of sp³-hybridized carbons (Fsp3) is 0.429. The summed E-state index contributed by atoms with van der Waals surface area (Å²) >= 11 is 5.35. The van der Waals surface area contributed by atoms with E-state index in [4.69, 9.17) is 12.2 Å². The number of H-pyrrole nitrogens is 1. The Hall–Kier alpha value is -1.62.